The fraction of sp³-hybridized carbons (Fsp3) is 0.667. The minimum absolute atomic E-state index is 0.0217. The monoisotopic (exact) mass is 230 g/mol. The number of ether oxygens (including phenoxy) is 2. The van der Waals surface area contributed by atoms with Gasteiger partial charge < -0.3 is 19.0 Å². The standard InChI is InChI=1S/C9H14N2O5/c1-14-4-5-15-6-8-11-10-7(16-8)2-3-9(12)13/h2-6H2,1H3,(H,12,13). The molecule has 0 unspecified atom stereocenters. The van der Waals surface area contributed by atoms with Crippen LogP contribution in [0.1, 0.15) is 18.2 Å². The number of aromatic nitrogens is 2. The Morgan fingerprint density at radius 1 is 1.38 bits per heavy atom. The normalized spacial score (nSPS) is 10.6. The highest BCUT2D eigenvalue weighted by molar-refractivity contribution is 5.66. The molecule has 0 fully saturated rings. The molecule has 0 spiro atoms. The van der Waals surface area contributed by atoms with E-state index in [9.17, 15) is 4.79 Å². The van der Waals surface area contributed by atoms with Crippen molar-refractivity contribution in [2.24, 2.45) is 0 Å². The first kappa shape index (κ1) is 12.6. The van der Waals surface area contributed by atoms with E-state index in [1.54, 1.807) is 7.11 Å². The van der Waals surface area contributed by atoms with E-state index in [-0.39, 0.29) is 19.4 Å². The van der Waals surface area contributed by atoms with Crippen LogP contribution in [0.15, 0.2) is 4.42 Å². The van der Waals surface area contributed by atoms with E-state index < -0.39 is 5.97 Å². The van der Waals surface area contributed by atoms with Crippen LogP contribution < -0.4 is 0 Å². The lowest BCUT2D eigenvalue weighted by atomic mass is 10.3. The molecular weight excluding hydrogens is 216 g/mol. The first-order valence-corrected chi connectivity index (χ1v) is 4.82. The molecule has 0 amide bonds. The molecule has 90 valence electrons. The quantitative estimate of drug-likeness (QED) is 0.639. The second-order valence-electron chi connectivity index (χ2n) is 3.03. The Balaban J connectivity index is 2.25. The van der Waals surface area contributed by atoms with E-state index in [4.69, 9.17) is 19.0 Å². The Morgan fingerprint density at radius 3 is 2.81 bits per heavy atom. The summed E-state index contributed by atoms with van der Waals surface area (Å²) in [7, 11) is 1.58. The van der Waals surface area contributed by atoms with Gasteiger partial charge in [-0.2, -0.15) is 0 Å². The van der Waals surface area contributed by atoms with Crippen molar-refractivity contribution < 1.29 is 23.8 Å². The fourth-order valence-electron chi connectivity index (χ4n) is 0.963. The topological polar surface area (TPSA) is 94.7 Å². The smallest absolute Gasteiger partial charge is 0.303 e. The zero-order valence-corrected chi connectivity index (χ0v) is 9.01. The Labute approximate surface area is 92.4 Å². The average Bonchev–Trinajstić information content (AvgIpc) is 2.70. The maximum absolute atomic E-state index is 10.3. The molecule has 0 saturated heterocycles. The Bertz CT molecular complexity index is 325. The van der Waals surface area contributed by atoms with Crippen molar-refractivity contribution in [3.63, 3.8) is 0 Å². The van der Waals surface area contributed by atoms with Gasteiger partial charge in [-0.1, -0.05) is 0 Å². The van der Waals surface area contributed by atoms with E-state index >= 15 is 0 Å². The van der Waals surface area contributed by atoms with Gasteiger partial charge in [0.05, 0.1) is 19.6 Å². The minimum Gasteiger partial charge on any atom is -0.481 e. The van der Waals surface area contributed by atoms with Crippen molar-refractivity contribution in [2.45, 2.75) is 19.4 Å². The molecule has 1 N–H and O–H groups in total. The summed E-state index contributed by atoms with van der Waals surface area (Å²) in [6, 6.07) is 0. The van der Waals surface area contributed by atoms with Crippen molar-refractivity contribution in [1.29, 1.82) is 0 Å². The number of carbonyl (C=O) groups is 1. The third-order valence-electron chi connectivity index (χ3n) is 1.72. The summed E-state index contributed by atoms with van der Waals surface area (Å²) in [4.78, 5) is 10.3. The predicted molar refractivity (Wildman–Crippen MR) is 51.8 cm³/mol. The molecule has 16 heavy (non-hydrogen) atoms. The van der Waals surface area contributed by atoms with Crippen LogP contribution in [0.2, 0.25) is 0 Å². The van der Waals surface area contributed by atoms with Gasteiger partial charge in [-0.15, -0.1) is 10.2 Å². The highest BCUT2D eigenvalue weighted by atomic mass is 16.5. The molecule has 0 atom stereocenters. The molecule has 0 aliphatic carbocycles. The molecule has 0 bridgehead atoms. The van der Waals surface area contributed by atoms with E-state index in [1.807, 2.05) is 0 Å². The van der Waals surface area contributed by atoms with E-state index in [2.05, 4.69) is 10.2 Å². The van der Waals surface area contributed by atoms with Crippen LogP contribution >= 0.6 is 0 Å². The largest absolute Gasteiger partial charge is 0.481 e. The van der Waals surface area contributed by atoms with Crippen molar-refractivity contribution in [3.8, 4) is 0 Å². The van der Waals surface area contributed by atoms with Gasteiger partial charge in [0.15, 0.2) is 0 Å². The van der Waals surface area contributed by atoms with Gasteiger partial charge in [0, 0.05) is 13.5 Å². The van der Waals surface area contributed by atoms with Gasteiger partial charge in [0.1, 0.15) is 6.61 Å². The van der Waals surface area contributed by atoms with Gasteiger partial charge in [-0.3, -0.25) is 4.79 Å². The SMILES string of the molecule is COCCOCc1nnc(CCC(=O)O)o1. The minimum atomic E-state index is -0.893. The van der Waals surface area contributed by atoms with E-state index in [0.717, 1.165) is 0 Å². The maximum atomic E-state index is 10.3. The summed E-state index contributed by atoms with van der Waals surface area (Å²) < 4.78 is 15.1. The van der Waals surface area contributed by atoms with Gasteiger partial charge in [-0.25, -0.2) is 0 Å². The summed E-state index contributed by atoms with van der Waals surface area (Å²) in [5.74, 6) is -0.236. The molecule has 0 aliphatic rings. The van der Waals surface area contributed by atoms with Gasteiger partial charge in [0.2, 0.25) is 11.8 Å². The van der Waals surface area contributed by atoms with Gasteiger partial charge >= 0.3 is 5.97 Å². The van der Waals surface area contributed by atoms with Crippen LogP contribution in [-0.2, 0) is 27.3 Å². The van der Waals surface area contributed by atoms with Crippen LogP contribution in [-0.4, -0.2) is 41.6 Å². The lowest BCUT2D eigenvalue weighted by molar-refractivity contribution is -0.137. The van der Waals surface area contributed by atoms with Crippen LogP contribution in [0.25, 0.3) is 0 Å². The Hall–Kier alpha value is -1.47. The third kappa shape index (κ3) is 4.85. The van der Waals surface area contributed by atoms with Crippen molar-refractivity contribution in [3.05, 3.63) is 11.8 Å². The number of aliphatic carboxylic acids is 1. The van der Waals surface area contributed by atoms with Crippen molar-refractivity contribution >= 4 is 5.97 Å². The molecule has 1 aromatic heterocycles. The number of hydrogen-bond acceptors (Lipinski definition) is 6. The lowest BCUT2D eigenvalue weighted by Gasteiger charge is -1.98. The first-order valence-electron chi connectivity index (χ1n) is 4.82. The predicted octanol–water partition coefficient (Wildman–Crippen LogP) is 0.250. The highest BCUT2D eigenvalue weighted by Crippen LogP contribution is 2.04. The highest BCUT2D eigenvalue weighted by Gasteiger charge is 2.07. The number of carboxylic acids is 1. The number of rotatable bonds is 8. The molecule has 0 saturated carbocycles. The second kappa shape index (κ2) is 6.91. The summed E-state index contributed by atoms with van der Waals surface area (Å²) in [5, 5.41) is 15.9. The van der Waals surface area contributed by atoms with Crippen LogP contribution in [0.3, 0.4) is 0 Å². The number of hydrogen-bond donors (Lipinski definition) is 1. The zero-order valence-electron chi connectivity index (χ0n) is 9.01. The molecule has 1 aromatic rings. The molecule has 0 radical (unpaired) electrons. The van der Waals surface area contributed by atoms with Crippen LogP contribution in [0, 0.1) is 0 Å². The van der Waals surface area contributed by atoms with Crippen molar-refractivity contribution in [2.75, 3.05) is 20.3 Å². The van der Waals surface area contributed by atoms with Gasteiger partial charge in [0.25, 0.3) is 0 Å². The van der Waals surface area contributed by atoms with Crippen LogP contribution in [0.5, 0.6) is 0 Å². The summed E-state index contributed by atoms with van der Waals surface area (Å²) in [6.45, 7) is 1.16. The molecule has 1 heterocycles. The Kier molecular flexibility index (Phi) is 5.44. The third-order valence-corrected chi connectivity index (χ3v) is 1.72. The number of methoxy groups -OCH3 is 1. The summed E-state index contributed by atoms with van der Waals surface area (Å²) in [5.41, 5.74) is 0. The molecule has 0 aliphatic heterocycles. The molecule has 7 nitrogen and oxygen atoms in total. The summed E-state index contributed by atoms with van der Waals surface area (Å²) >= 11 is 0. The molecule has 1 rings (SSSR count). The molecular formula is C9H14N2O5. The number of nitrogens with zero attached hydrogens (tertiary/aromatic N) is 2. The summed E-state index contributed by atoms with van der Waals surface area (Å²) in [6.07, 6.45) is 0.215. The molecule has 0 aromatic carbocycles. The Morgan fingerprint density at radius 2 is 2.12 bits per heavy atom. The first-order chi connectivity index (χ1) is 7.72. The van der Waals surface area contributed by atoms with E-state index in [1.165, 1.54) is 0 Å². The van der Waals surface area contributed by atoms with Crippen molar-refractivity contribution in [1.82, 2.24) is 10.2 Å². The van der Waals surface area contributed by atoms with Crippen LogP contribution in [0.4, 0.5) is 0 Å². The number of aryl methyl sites for hydroxylation is 1. The molecule has 7 heteroatoms. The maximum Gasteiger partial charge on any atom is 0.303 e. The lowest BCUT2D eigenvalue weighted by Crippen LogP contribution is -2.01. The number of carboxylic acid groups (broad SMARTS) is 1. The average molecular weight is 230 g/mol. The second-order valence-corrected chi connectivity index (χ2v) is 3.03. The van der Waals surface area contributed by atoms with E-state index in [0.29, 0.717) is 25.0 Å². The van der Waals surface area contributed by atoms with Gasteiger partial charge in [-0.05, 0) is 0 Å². The zero-order chi connectivity index (χ0) is 11.8. The fourth-order valence-corrected chi connectivity index (χ4v) is 0.963.